The van der Waals surface area contributed by atoms with Crippen molar-refractivity contribution < 1.29 is 5.11 Å². The summed E-state index contributed by atoms with van der Waals surface area (Å²) >= 11 is 0. The summed E-state index contributed by atoms with van der Waals surface area (Å²) in [7, 11) is 0. The van der Waals surface area contributed by atoms with Gasteiger partial charge in [0, 0.05) is 0 Å². The van der Waals surface area contributed by atoms with Crippen molar-refractivity contribution in [1.29, 1.82) is 0 Å². The maximum absolute atomic E-state index is 9.19. The number of aliphatic hydroxyl groups excluding tert-OH is 1. The summed E-state index contributed by atoms with van der Waals surface area (Å²) in [4.78, 5) is 0. The first kappa shape index (κ1) is 9.92. The second-order valence-electron chi connectivity index (χ2n) is 3.11. The van der Waals surface area contributed by atoms with E-state index in [1.165, 1.54) is 0 Å². The third-order valence-corrected chi connectivity index (χ3v) is 1.32. The quantitative estimate of drug-likeness (QED) is 0.572. The zero-order valence-electron chi connectivity index (χ0n) is 7.22. The lowest BCUT2D eigenvalue weighted by molar-refractivity contribution is 0.123. The molecule has 2 nitrogen and oxygen atoms in total. The second-order valence-corrected chi connectivity index (χ2v) is 3.11. The molecule has 0 aromatic rings. The van der Waals surface area contributed by atoms with Crippen molar-refractivity contribution in [1.82, 2.24) is 5.32 Å². The Balaban J connectivity index is 3.12. The Kier molecular flexibility index (Phi) is 5.64. The molecule has 0 fully saturated rings. The van der Waals surface area contributed by atoms with Crippen LogP contribution in [0.1, 0.15) is 33.6 Å². The van der Waals surface area contributed by atoms with Crippen LogP contribution in [0.15, 0.2) is 0 Å². The van der Waals surface area contributed by atoms with Crippen LogP contribution in [-0.2, 0) is 0 Å². The lowest BCUT2D eigenvalue weighted by Crippen LogP contribution is -2.31. The monoisotopic (exact) mass is 145 g/mol. The minimum absolute atomic E-state index is 0.299. The molecule has 0 amide bonds. The molecule has 0 spiro atoms. The van der Waals surface area contributed by atoms with Gasteiger partial charge in [0.15, 0.2) is 0 Å². The first-order valence-corrected chi connectivity index (χ1v) is 4.08. The highest BCUT2D eigenvalue weighted by molar-refractivity contribution is 4.54. The van der Waals surface area contributed by atoms with Gasteiger partial charge >= 0.3 is 0 Å². The Bertz CT molecular complexity index is 73.7. The Morgan fingerprint density at radius 1 is 1.40 bits per heavy atom. The van der Waals surface area contributed by atoms with Gasteiger partial charge in [-0.15, -0.1) is 0 Å². The fraction of sp³-hybridized carbons (Fsp3) is 1.00. The maximum atomic E-state index is 9.19. The molecule has 1 unspecified atom stereocenters. The van der Waals surface area contributed by atoms with Crippen LogP contribution in [0.3, 0.4) is 0 Å². The molecule has 0 aliphatic rings. The van der Waals surface area contributed by atoms with E-state index in [2.05, 4.69) is 26.1 Å². The summed E-state index contributed by atoms with van der Waals surface area (Å²) in [5, 5.41) is 12.2. The van der Waals surface area contributed by atoms with Crippen LogP contribution >= 0.6 is 0 Å². The first-order chi connectivity index (χ1) is 4.66. The van der Waals surface area contributed by atoms with Crippen molar-refractivity contribution in [2.45, 2.75) is 39.8 Å². The van der Waals surface area contributed by atoms with Gasteiger partial charge in [0.1, 0.15) is 6.23 Å². The topological polar surface area (TPSA) is 32.3 Å². The van der Waals surface area contributed by atoms with Crippen LogP contribution in [0.5, 0.6) is 0 Å². The average molecular weight is 145 g/mol. The molecule has 1 atom stereocenters. The number of aliphatic hydroxyl groups is 1. The standard InChI is InChI=1S/C8H19NO/c1-4-5-8(10)9-6-7(2)3/h7-10H,4-6H2,1-3H3. The fourth-order valence-corrected chi connectivity index (χ4v) is 0.747. The highest BCUT2D eigenvalue weighted by Gasteiger charge is 2.00. The van der Waals surface area contributed by atoms with Crippen molar-refractivity contribution in [3.05, 3.63) is 0 Å². The predicted octanol–water partition coefficient (Wildman–Crippen LogP) is 1.35. The maximum Gasteiger partial charge on any atom is 0.104 e. The molecule has 2 N–H and O–H groups in total. The summed E-state index contributed by atoms with van der Waals surface area (Å²) in [5.74, 6) is 0.617. The van der Waals surface area contributed by atoms with Crippen LogP contribution in [0, 0.1) is 5.92 Å². The second kappa shape index (κ2) is 5.69. The van der Waals surface area contributed by atoms with Gasteiger partial charge in [-0.2, -0.15) is 0 Å². The Morgan fingerprint density at radius 2 is 2.00 bits per heavy atom. The summed E-state index contributed by atoms with van der Waals surface area (Å²) in [6.45, 7) is 7.23. The highest BCUT2D eigenvalue weighted by atomic mass is 16.3. The van der Waals surface area contributed by atoms with Crippen LogP contribution in [-0.4, -0.2) is 17.9 Å². The number of hydrogen-bond acceptors (Lipinski definition) is 2. The van der Waals surface area contributed by atoms with Gasteiger partial charge < -0.3 is 5.11 Å². The predicted molar refractivity (Wildman–Crippen MR) is 43.8 cm³/mol. The summed E-state index contributed by atoms with van der Waals surface area (Å²) in [6.07, 6.45) is 1.59. The summed E-state index contributed by atoms with van der Waals surface area (Å²) in [6, 6.07) is 0. The number of rotatable bonds is 5. The minimum Gasteiger partial charge on any atom is -0.379 e. The molecule has 0 rings (SSSR count). The van der Waals surface area contributed by atoms with Crippen LogP contribution in [0.25, 0.3) is 0 Å². The van der Waals surface area contributed by atoms with E-state index < -0.39 is 0 Å². The molecule has 0 heterocycles. The van der Waals surface area contributed by atoms with E-state index in [-0.39, 0.29) is 6.23 Å². The SMILES string of the molecule is CCCC(O)NCC(C)C. The number of nitrogens with one attached hydrogen (secondary N) is 1. The molecule has 62 valence electrons. The van der Waals surface area contributed by atoms with Crippen molar-refractivity contribution >= 4 is 0 Å². The largest absolute Gasteiger partial charge is 0.379 e. The van der Waals surface area contributed by atoms with Gasteiger partial charge in [-0.3, -0.25) is 5.32 Å². The van der Waals surface area contributed by atoms with Crippen LogP contribution in [0.4, 0.5) is 0 Å². The molecule has 0 radical (unpaired) electrons. The average Bonchev–Trinajstić information content (AvgIpc) is 1.85. The summed E-state index contributed by atoms with van der Waals surface area (Å²) in [5.41, 5.74) is 0. The minimum atomic E-state index is -0.299. The lowest BCUT2D eigenvalue weighted by Gasteiger charge is -2.12. The van der Waals surface area contributed by atoms with E-state index in [0.717, 1.165) is 19.4 Å². The molecule has 2 heteroatoms. The molecule has 0 aromatic carbocycles. The lowest BCUT2D eigenvalue weighted by atomic mass is 10.2. The van der Waals surface area contributed by atoms with Crippen molar-refractivity contribution in [2.24, 2.45) is 5.92 Å². The molecule has 0 aliphatic heterocycles. The molecule has 0 aliphatic carbocycles. The van der Waals surface area contributed by atoms with Gasteiger partial charge in [0.25, 0.3) is 0 Å². The third kappa shape index (κ3) is 6.05. The smallest absolute Gasteiger partial charge is 0.104 e. The van der Waals surface area contributed by atoms with E-state index in [1.54, 1.807) is 0 Å². The third-order valence-electron chi connectivity index (χ3n) is 1.32. The Labute approximate surface area is 63.6 Å². The number of hydrogen-bond donors (Lipinski definition) is 2. The van der Waals surface area contributed by atoms with E-state index in [1.807, 2.05) is 0 Å². The van der Waals surface area contributed by atoms with Crippen molar-refractivity contribution in [2.75, 3.05) is 6.54 Å². The van der Waals surface area contributed by atoms with Gasteiger partial charge in [-0.05, 0) is 18.9 Å². The molecule has 0 aromatic heterocycles. The molecule has 10 heavy (non-hydrogen) atoms. The van der Waals surface area contributed by atoms with Crippen LogP contribution in [0.2, 0.25) is 0 Å². The fourth-order valence-electron chi connectivity index (χ4n) is 0.747. The van der Waals surface area contributed by atoms with E-state index >= 15 is 0 Å². The zero-order valence-corrected chi connectivity index (χ0v) is 7.22. The molecule has 0 saturated carbocycles. The van der Waals surface area contributed by atoms with E-state index in [4.69, 9.17) is 0 Å². The van der Waals surface area contributed by atoms with Gasteiger partial charge in [-0.1, -0.05) is 27.2 Å². The zero-order chi connectivity index (χ0) is 7.98. The van der Waals surface area contributed by atoms with E-state index in [0.29, 0.717) is 5.92 Å². The normalized spacial score (nSPS) is 14.1. The Morgan fingerprint density at radius 3 is 2.40 bits per heavy atom. The van der Waals surface area contributed by atoms with Gasteiger partial charge in [0.05, 0.1) is 0 Å². The van der Waals surface area contributed by atoms with Crippen molar-refractivity contribution in [3.8, 4) is 0 Å². The van der Waals surface area contributed by atoms with Gasteiger partial charge in [-0.25, -0.2) is 0 Å². The van der Waals surface area contributed by atoms with Crippen LogP contribution < -0.4 is 5.32 Å². The highest BCUT2D eigenvalue weighted by Crippen LogP contribution is 1.94. The molecule has 0 saturated heterocycles. The molecular formula is C8H19NO. The van der Waals surface area contributed by atoms with Gasteiger partial charge in [0.2, 0.25) is 0 Å². The summed E-state index contributed by atoms with van der Waals surface area (Å²) < 4.78 is 0. The molecular weight excluding hydrogens is 126 g/mol. The van der Waals surface area contributed by atoms with E-state index in [9.17, 15) is 5.11 Å². The van der Waals surface area contributed by atoms with Crippen molar-refractivity contribution in [3.63, 3.8) is 0 Å². The molecule has 0 bridgehead atoms. The first-order valence-electron chi connectivity index (χ1n) is 4.08. The Hall–Kier alpha value is -0.0800.